The molecule has 1 amide bonds. The second-order valence-corrected chi connectivity index (χ2v) is 5.60. The molecular weight excluding hydrogens is 290 g/mol. The minimum atomic E-state index is -0.152. The molecule has 0 spiro atoms. The molecule has 2 N–H and O–H groups in total. The molecule has 1 unspecified atom stereocenters. The summed E-state index contributed by atoms with van der Waals surface area (Å²) in [7, 11) is 3.72. The number of carbonyl (C=O) groups is 1. The molecule has 23 heavy (non-hydrogen) atoms. The van der Waals surface area contributed by atoms with Crippen LogP contribution in [0.1, 0.15) is 28.3 Å². The molecule has 5 nitrogen and oxygen atoms in total. The van der Waals surface area contributed by atoms with Gasteiger partial charge in [-0.3, -0.25) is 4.79 Å². The van der Waals surface area contributed by atoms with Gasteiger partial charge < -0.3 is 15.3 Å². The van der Waals surface area contributed by atoms with E-state index in [1.165, 1.54) is 0 Å². The molecule has 0 bridgehead atoms. The maximum Gasteiger partial charge on any atom is 0.255 e. The van der Waals surface area contributed by atoms with Crippen LogP contribution in [0.3, 0.4) is 0 Å². The van der Waals surface area contributed by atoms with Crippen molar-refractivity contribution in [1.29, 1.82) is 0 Å². The number of aromatic nitrogens is 1. The quantitative estimate of drug-likeness (QED) is 0.821. The third-order valence-electron chi connectivity index (χ3n) is 3.71. The zero-order chi connectivity index (χ0) is 16.7. The second-order valence-electron chi connectivity index (χ2n) is 5.60. The molecule has 0 aliphatic carbocycles. The summed E-state index contributed by atoms with van der Waals surface area (Å²) in [5.41, 5.74) is 1.66. The summed E-state index contributed by atoms with van der Waals surface area (Å²) in [5.74, 6) is 0.578. The van der Waals surface area contributed by atoms with Gasteiger partial charge >= 0.3 is 0 Å². The number of rotatable bonds is 7. The summed E-state index contributed by atoms with van der Waals surface area (Å²) < 4.78 is 0. The number of aliphatic hydroxyl groups is 1. The summed E-state index contributed by atoms with van der Waals surface area (Å²) >= 11 is 0. The zero-order valence-electron chi connectivity index (χ0n) is 13.6. The molecule has 2 aromatic rings. The topological polar surface area (TPSA) is 65.5 Å². The molecule has 1 aromatic heterocycles. The zero-order valence-corrected chi connectivity index (χ0v) is 13.6. The number of pyridine rings is 1. The van der Waals surface area contributed by atoms with Gasteiger partial charge in [0.15, 0.2) is 0 Å². The van der Waals surface area contributed by atoms with Gasteiger partial charge in [0.1, 0.15) is 5.82 Å². The van der Waals surface area contributed by atoms with Crippen LogP contribution in [0.5, 0.6) is 0 Å². The van der Waals surface area contributed by atoms with Gasteiger partial charge in [-0.25, -0.2) is 4.98 Å². The van der Waals surface area contributed by atoms with E-state index in [0.29, 0.717) is 24.3 Å². The van der Waals surface area contributed by atoms with E-state index in [2.05, 4.69) is 10.3 Å². The van der Waals surface area contributed by atoms with Crippen molar-refractivity contribution in [2.75, 3.05) is 32.1 Å². The van der Waals surface area contributed by atoms with Crippen LogP contribution in [0.25, 0.3) is 0 Å². The van der Waals surface area contributed by atoms with E-state index >= 15 is 0 Å². The Morgan fingerprint density at radius 2 is 1.96 bits per heavy atom. The van der Waals surface area contributed by atoms with E-state index in [4.69, 9.17) is 0 Å². The Balaban J connectivity index is 2.08. The highest BCUT2D eigenvalue weighted by Gasteiger charge is 2.16. The molecule has 0 fully saturated rings. The predicted octanol–water partition coefficient (Wildman–Crippen LogP) is 2.04. The van der Waals surface area contributed by atoms with Crippen LogP contribution in [0.2, 0.25) is 0 Å². The fourth-order valence-electron chi connectivity index (χ4n) is 2.51. The summed E-state index contributed by atoms with van der Waals surface area (Å²) in [6.45, 7) is 0.566. The molecule has 0 radical (unpaired) electrons. The first-order valence-electron chi connectivity index (χ1n) is 7.69. The van der Waals surface area contributed by atoms with Crippen molar-refractivity contribution in [3.63, 3.8) is 0 Å². The van der Waals surface area contributed by atoms with E-state index in [9.17, 15) is 9.90 Å². The molecule has 0 aliphatic heterocycles. The van der Waals surface area contributed by atoms with Gasteiger partial charge in [0, 0.05) is 39.4 Å². The smallest absolute Gasteiger partial charge is 0.255 e. The fraction of sp³-hybridized carbons (Fsp3) is 0.333. The summed E-state index contributed by atoms with van der Waals surface area (Å²) in [4.78, 5) is 18.5. The molecule has 1 atom stereocenters. The molecule has 0 saturated heterocycles. The average molecular weight is 313 g/mol. The van der Waals surface area contributed by atoms with Gasteiger partial charge in [0.25, 0.3) is 5.91 Å². The largest absolute Gasteiger partial charge is 0.396 e. The van der Waals surface area contributed by atoms with Gasteiger partial charge in [0.05, 0.1) is 5.56 Å². The van der Waals surface area contributed by atoms with Gasteiger partial charge in [0.2, 0.25) is 0 Å². The van der Waals surface area contributed by atoms with Crippen LogP contribution in [0.15, 0.2) is 48.7 Å². The number of hydrogen-bond acceptors (Lipinski definition) is 4. The maximum absolute atomic E-state index is 12.5. The lowest BCUT2D eigenvalue weighted by atomic mass is 9.96. The van der Waals surface area contributed by atoms with Crippen molar-refractivity contribution >= 4 is 11.7 Å². The number of carbonyl (C=O) groups excluding carboxylic acids is 1. The summed E-state index contributed by atoms with van der Waals surface area (Å²) in [6.07, 6.45) is 2.28. The number of anilines is 1. The number of nitrogens with one attached hydrogen (secondary N) is 1. The van der Waals surface area contributed by atoms with Crippen molar-refractivity contribution in [2.24, 2.45) is 0 Å². The highest BCUT2D eigenvalue weighted by molar-refractivity contribution is 5.98. The van der Waals surface area contributed by atoms with Gasteiger partial charge in [-0.2, -0.15) is 0 Å². The van der Waals surface area contributed by atoms with E-state index < -0.39 is 0 Å². The summed E-state index contributed by atoms with van der Waals surface area (Å²) in [5, 5.41) is 12.2. The SMILES string of the molecule is CN(C)c1ncccc1C(=O)NCC(CCO)c1ccccc1. The number of hydrogen-bond donors (Lipinski definition) is 2. The van der Waals surface area contributed by atoms with Crippen LogP contribution in [-0.2, 0) is 0 Å². The minimum Gasteiger partial charge on any atom is -0.396 e. The first-order chi connectivity index (χ1) is 11.1. The van der Waals surface area contributed by atoms with Crippen molar-refractivity contribution in [3.05, 3.63) is 59.8 Å². The van der Waals surface area contributed by atoms with E-state index in [1.807, 2.05) is 49.3 Å². The third kappa shape index (κ3) is 4.53. The number of aliphatic hydroxyl groups excluding tert-OH is 1. The van der Waals surface area contributed by atoms with Crippen molar-refractivity contribution in [1.82, 2.24) is 10.3 Å². The van der Waals surface area contributed by atoms with Crippen LogP contribution in [-0.4, -0.2) is 43.2 Å². The van der Waals surface area contributed by atoms with Gasteiger partial charge in [-0.05, 0) is 24.1 Å². The monoisotopic (exact) mass is 313 g/mol. The Kier molecular flexibility index (Phi) is 6.11. The molecule has 2 rings (SSSR count). The Bertz CT molecular complexity index is 629. The molecule has 5 heteroatoms. The van der Waals surface area contributed by atoms with Crippen LogP contribution in [0.4, 0.5) is 5.82 Å². The lowest BCUT2D eigenvalue weighted by Crippen LogP contribution is -2.30. The third-order valence-corrected chi connectivity index (χ3v) is 3.71. The van der Waals surface area contributed by atoms with Gasteiger partial charge in [-0.1, -0.05) is 30.3 Å². The maximum atomic E-state index is 12.5. The number of amides is 1. The van der Waals surface area contributed by atoms with Crippen LogP contribution in [0, 0.1) is 0 Å². The average Bonchev–Trinajstić information content (AvgIpc) is 2.59. The lowest BCUT2D eigenvalue weighted by molar-refractivity contribution is 0.0949. The second kappa shape index (κ2) is 8.29. The highest BCUT2D eigenvalue weighted by Crippen LogP contribution is 2.19. The Hall–Kier alpha value is -2.40. The Labute approximate surface area is 137 Å². The Morgan fingerprint density at radius 1 is 1.22 bits per heavy atom. The van der Waals surface area contributed by atoms with Crippen molar-refractivity contribution in [2.45, 2.75) is 12.3 Å². The first kappa shape index (κ1) is 17.0. The molecular formula is C18H23N3O2. The standard InChI is InChI=1S/C18H23N3O2/c1-21(2)17-16(9-6-11-19-17)18(23)20-13-15(10-12-22)14-7-4-3-5-8-14/h3-9,11,15,22H,10,12-13H2,1-2H3,(H,20,23). The molecule has 122 valence electrons. The summed E-state index contributed by atoms with van der Waals surface area (Å²) in [6, 6.07) is 13.4. The van der Waals surface area contributed by atoms with Crippen molar-refractivity contribution in [3.8, 4) is 0 Å². The normalized spacial score (nSPS) is 11.8. The fourth-order valence-corrected chi connectivity index (χ4v) is 2.51. The molecule has 0 aliphatic rings. The van der Waals surface area contributed by atoms with E-state index in [1.54, 1.807) is 18.3 Å². The highest BCUT2D eigenvalue weighted by atomic mass is 16.3. The number of nitrogens with zero attached hydrogens (tertiary/aromatic N) is 2. The van der Waals surface area contributed by atoms with Crippen LogP contribution < -0.4 is 10.2 Å². The van der Waals surface area contributed by atoms with Crippen molar-refractivity contribution < 1.29 is 9.90 Å². The minimum absolute atomic E-state index is 0.0876. The lowest BCUT2D eigenvalue weighted by Gasteiger charge is -2.19. The molecule has 1 heterocycles. The van der Waals surface area contributed by atoms with Gasteiger partial charge in [-0.15, -0.1) is 0 Å². The first-order valence-corrected chi connectivity index (χ1v) is 7.69. The predicted molar refractivity (Wildman–Crippen MR) is 91.8 cm³/mol. The number of benzene rings is 1. The molecule has 0 saturated carbocycles. The van der Waals surface area contributed by atoms with Crippen LogP contribution >= 0.6 is 0 Å². The van der Waals surface area contributed by atoms with E-state index in [-0.39, 0.29) is 18.4 Å². The Morgan fingerprint density at radius 3 is 2.61 bits per heavy atom. The molecule has 1 aromatic carbocycles. The van der Waals surface area contributed by atoms with E-state index in [0.717, 1.165) is 5.56 Å².